The molecular formula is C5H15NaO8S. The van der Waals surface area contributed by atoms with Gasteiger partial charge in [-0.2, -0.15) is 8.42 Å². The van der Waals surface area contributed by atoms with Gasteiger partial charge in [-0.3, -0.25) is 9.11 Å². The zero-order valence-electron chi connectivity index (χ0n) is 9.24. The van der Waals surface area contributed by atoms with Crippen LogP contribution in [0.5, 0.6) is 0 Å². The fourth-order valence-corrected chi connectivity index (χ4v) is 0.300. The number of rotatable bonds is 4. The van der Waals surface area contributed by atoms with E-state index in [1.807, 2.05) is 0 Å². The van der Waals surface area contributed by atoms with E-state index in [-0.39, 0.29) is 31.0 Å². The van der Waals surface area contributed by atoms with E-state index in [2.05, 4.69) is 0 Å². The Hall–Kier alpha value is 0.710. The topological polar surface area (TPSA) is 156 Å². The van der Waals surface area contributed by atoms with E-state index in [0.29, 0.717) is 0 Å². The van der Waals surface area contributed by atoms with E-state index in [4.69, 9.17) is 37.9 Å². The first-order valence-corrected chi connectivity index (χ1v) is 4.77. The predicted molar refractivity (Wildman–Crippen MR) is 46.1 cm³/mol. The Balaban J connectivity index is -0.0000000904. The summed E-state index contributed by atoms with van der Waals surface area (Å²) in [4.78, 5) is 0. The molecule has 0 saturated carbocycles. The van der Waals surface area contributed by atoms with Gasteiger partial charge in [0.05, 0.1) is 31.8 Å². The normalized spacial score (nSPS) is 11.1. The second-order valence-corrected chi connectivity index (χ2v) is 3.48. The summed E-state index contributed by atoms with van der Waals surface area (Å²) in [5, 5.41) is 34.0. The van der Waals surface area contributed by atoms with Crippen LogP contribution in [-0.4, -0.2) is 64.4 Å². The first-order valence-electron chi connectivity index (χ1n) is 3.38. The fraction of sp³-hybridized carbons (Fsp3) is 1.00. The van der Waals surface area contributed by atoms with Crippen molar-refractivity contribution in [1.29, 1.82) is 0 Å². The number of hydrogen-bond donors (Lipinski definition) is 6. The molecule has 0 amide bonds. The van der Waals surface area contributed by atoms with Crippen molar-refractivity contribution in [1.82, 2.24) is 0 Å². The second kappa shape index (κ2) is 9.90. The van der Waals surface area contributed by atoms with Crippen LogP contribution in [0, 0.1) is 5.41 Å². The van der Waals surface area contributed by atoms with Gasteiger partial charge in [-0.05, 0) is 0 Å². The molecule has 0 rings (SSSR count). The zero-order valence-corrected chi connectivity index (χ0v) is 11.1. The molecule has 0 atom stereocenters. The van der Waals surface area contributed by atoms with Gasteiger partial charge < -0.3 is 21.9 Å². The maximum atomic E-state index is 8.74. The molecule has 0 fully saturated rings. The molecule has 15 heavy (non-hydrogen) atoms. The Bertz CT molecular complexity index is 203. The van der Waals surface area contributed by atoms with Crippen LogP contribution in [-0.2, 0) is 10.4 Å². The van der Waals surface area contributed by atoms with Gasteiger partial charge in [0.2, 0.25) is 0 Å². The molecule has 90 valence electrons. The third kappa shape index (κ3) is 14.7. The smallest absolute Gasteiger partial charge is 1.00 e. The van der Waals surface area contributed by atoms with Gasteiger partial charge in [0.15, 0.2) is 0 Å². The van der Waals surface area contributed by atoms with Crippen molar-refractivity contribution < 1.29 is 68.9 Å². The molecule has 0 aromatic carbocycles. The minimum Gasteiger partial charge on any atom is -1.00 e. The summed E-state index contributed by atoms with van der Waals surface area (Å²) in [6.07, 6.45) is 0. The van der Waals surface area contributed by atoms with Crippen molar-refractivity contribution in [3.63, 3.8) is 0 Å². The molecule has 0 aliphatic rings. The van der Waals surface area contributed by atoms with Gasteiger partial charge >= 0.3 is 40.0 Å². The van der Waals surface area contributed by atoms with E-state index < -0.39 is 42.2 Å². The molecule has 0 heterocycles. The average molecular weight is 258 g/mol. The summed E-state index contributed by atoms with van der Waals surface area (Å²) < 4.78 is 31.6. The van der Waals surface area contributed by atoms with Crippen LogP contribution in [0.15, 0.2) is 0 Å². The number of aliphatic hydroxyl groups is 4. The molecule has 0 radical (unpaired) electrons. The molecule has 10 heteroatoms. The van der Waals surface area contributed by atoms with E-state index in [9.17, 15) is 0 Å². The standard InChI is InChI=1S/C5H12O4.Na.H2O4S.H/c6-1-5(2-7,3-8)4-9;;1-5(2,3)4;/h6-9H,1-4H2;;(H2,1,2,3,4);/q;+1;;-1. The number of aliphatic hydroxyl groups excluding tert-OH is 4. The van der Waals surface area contributed by atoms with Gasteiger partial charge in [-0.1, -0.05) is 0 Å². The maximum Gasteiger partial charge on any atom is 1.00 e. The molecule has 0 aromatic heterocycles. The fourth-order valence-electron chi connectivity index (χ4n) is 0.300. The van der Waals surface area contributed by atoms with Crippen molar-refractivity contribution in [2.75, 3.05) is 26.4 Å². The van der Waals surface area contributed by atoms with Gasteiger partial charge in [0.1, 0.15) is 0 Å². The third-order valence-electron chi connectivity index (χ3n) is 1.34. The summed E-state index contributed by atoms with van der Waals surface area (Å²) in [5.41, 5.74) is -1.11. The van der Waals surface area contributed by atoms with Gasteiger partial charge in [-0.15, -0.1) is 0 Å². The second-order valence-electron chi connectivity index (χ2n) is 2.58. The minimum absolute atomic E-state index is 0. The van der Waals surface area contributed by atoms with Crippen molar-refractivity contribution in [3.05, 3.63) is 0 Å². The molecular weight excluding hydrogens is 243 g/mol. The Morgan fingerprint density at radius 2 is 1.00 bits per heavy atom. The number of hydrogen-bond acceptors (Lipinski definition) is 6. The summed E-state index contributed by atoms with van der Waals surface area (Å²) >= 11 is 0. The van der Waals surface area contributed by atoms with Gasteiger partial charge in [-0.25, -0.2) is 0 Å². The summed E-state index contributed by atoms with van der Waals surface area (Å²) in [6.45, 7) is -1.62. The van der Waals surface area contributed by atoms with Crippen LogP contribution in [0.3, 0.4) is 0 Å². The molecule has 0 unspecified atom stereocenters. The monoisotopic (exact) mass is 258 g/mol. The summed E-state index contributed by atoms with van der Waals surface area (Å²) in [6, 6.07) is 0. The Morgan fingerprint density at radius 3 is 1.00 bits per heavy atom. The molecule has 0 spiro atoms. The Morgan fingerprint density at radius 1 is 0.867 bits per heavy atom. The SMILES string of the molecule is O=S(=O)(O)O.OCC(CO)(CO)CO.[H-].[Na+]. The van der Waals surface area contributed by atoms with E-state index in [0.717, 1.165) is 0 Å². The maximum absolute atomic E-state index is 8.74. The molecule has 0 bridgehead atoms. The minimum atomic E-state index is -4.67. The third-order valence-corrected chi connectivity index (χ3v) is 1.34. The quantitative estimate of drug-likeness (QED) is 0.215. The summed E-state index contributed by atoms with van der Waals surface area (Å²) in [7, 11) is -4.67. The van der Waals surface area contributed by atoms with Crippen LogP contribution < -0.4 is 29.6 Å². The van der Waals surface area contributed by atoms with E-state index >= 15 is 0 Å². The molecule has 0 saturated heterocycles. The summed E-state index contributed by atoms with van der Waals surface area (Å²) in [5.74, 6) is 0. The Kier molecular flexibility index (Phi) is 13.9. The predicted octanol–water partition coefficient (Wildman–Crippen LogP) is -5.59. The van der Waals surface area contributed by atoms with Gasteiger partial charge in [0, 0.05) is 0 Å². The molecule has 0 aromatic rings. The molecule has 8 nitrogen and oxygen atoms in total. The van der Waals surface area contributed by atoms with Crippen molar-refractivity contribution in [2.24, 2.45) is 5.41 Å². The van der Waals surface area contributed by atoms with E-state index in [1.54, 1.807) is 0 Å². The van der Waals surface area contributed by atoms with Crippen LogP contribution >= 0.6 is 0 Å². The van der Waals surface area contributed by atoms with Crippen LogP contribution in [0.4, 0.5) is 0 Å². The molecule has 6 N–H and O–H groups in total. The molecule has 0 aliphatic carbocycles. The van der Waals surface area contributed by atoms with Gasteiger partial charge in [0.25, 0.3) is 0 Å². The van der Waals surface area contributed by atoms with E-state index in [1.165, 1.54) is 0 Å². The van der Waals surface area contributed by atoms with Crippen molar-refractivity contribution in [3.8, 4) is 0 Å². The Labute approximate surface area is 111 Å². The van der Waals surface area contributed by atoms with Crippen LogP contribution in [0.1, 0.15) is 1.43 Å². The van der Waals surface area contributed by atoms with Crippen molar-refractivity contribution in [2.45, 2.75) is 0 Å². The first-order chi connectivity index (χ1) is 6.24. The van der Waals surface area contributed by atoms with Crippen molar-refractivity contribution >= 4 is 10.4 Å². The van der Waals surface area contributed by atoms with Crippen LogP contribution in [0.2, 0.25) is 0 Å². The first kappa shape index (κ1) is 21.0. The molecule has 0 aliphatic heterocycles. The average Bonchev–Trinajstić information content (AvgIpc) is 2.07. The largest absolute Gasteiger partial charge is 1.00 e. The zero-order chi connectivity index (χ0) is 11.8. The van der Waals surface area contributed by atoms with Crippen LogP contribution in [0.25, 0.3) is 0 Å².